The molecule has 40 heavy (non-hydrogen) atoms. The molecular weight excluding hydrogens is 528 g/mol. The van der Waals surface area contributed by atoms with E-state index in [-0.39, 0.29) is 4.90 Å². The Morgan fingerprint density at radius 1 is 0.950 bits per heavy atom. The first-order valence-electron chi connectivity index (χ1n) is 13.6. The summed E-state index contributed by atoms with van der Waals surface area (Å²) in [6.07, 6.45) is 2.40. The number of nitrogens with zero attached hydrogens (tertiary/aromatic N) is 4. The van der Waals surface area contributed by atoms with Gasteiger partial charge in [-0.3, -0.25) is 9.88 Å². The number of pyridine rings is 1. The zero-order valence-corrected chi connectivity index (χ0v) is 23.0. The number of hydrogen-bond donors (Lipinski definition) is 1. The van der Waals surface area contributed by atoms with Gasteiger partial charge < -0.3 is 14.7 Å². The minimum atomic E-state index is -3.85. The topological polar surface area (TPSA) is 105 Å². The minimum Gasteiger partial charge on any atom is -0.465 e. The van der Waals surface area contributed by atoms with Gasteiger partial charge in [0.1, 0.15) is 0 Å². The Labute approximate surface area is 233 Å². The molecule has 6 rings (SSSR count). The van der Waals surface area contributed by atoms with E-state index < -0.39 is 16.1 Å². The lowest BCUT2D eigenvalue weighted by molar-refractivity contribution is 0.0336. The summed E-state index contributed by atoms with van der Waals surface area (Å²) in [5, 5.41) is 10.0. The fourth-order valence-corrected chi connectivity index (χ4v) is 7.34. The molecule has 2 saturated heterocycles. The number of piperidine rings is 1. The van der Waals surface area contributed by atoms with Crippen molar-refractivity contribution >= 4 is 27.0 Å². The number of rotatable bonds is 6. The lowest BCUT2D eigenvalue weighted by Crippen LogP contribution is -2.36. The van der Waals surface area contributed by atoms with Gasteiger partial charge in [-0.05, 0) is 48.6 Å². The molecule has 2 aromatic heterocycles. The van der Waals surface area contributed by atoms with E-state index >= 15 is 0 Å². The van der Waals surface area contributed by atoms with Crippen molar-refractivity contribution < 1.29 is 23.1 Å². The third-order valence-corrected chi connectivity index (χ3v) is 9.73. The molecule has 0 saturated carbocycles. The maximum atomic E-state index is 14.0. The van der Waals surface area contributed by atoms with E-state index in [0.29, 0.717) is 50.0 Å². The molecule has 2 aliphatic heterocycles. The summed E-state index contributed by atoms with van der Waals surface area (Å²) in [6, 6.07) is 20.5. The van der Waals surface area contributed by atoms with Crippen molar-refractivity contribution in [3.63, 3.8) is 0 Å². The zero-order valence-electron chi connectivity index (χ0n) is 22.1. The van der Waals surface area contributed by atoms with E-state index in [1.165, 1.54) is 14.4 Å². The van der Waals surface area contributed by atoms with Crippen molar-refractivity contribution in [3.8, 4) is 11.3 Å². The van der Waals surface area contributed by atoms with Crippen molar-refractivity contribution in [2.24, 2.45) is 0 Å². The third kappa shape index (κ3) is 5.10. The van der Waals surface area contributed by atoms with Crippen molar-refractivity contribution in [2.45, 2.75) is 30.2 Å². The summed E-state index contributed by atoms with van der Waals surface area (Å²) >= 11 is 0. The molecule has 2 aromatic carbocycles. The maximum Gasteiger partial charge on any atom is 0.407 e. The smallest absolute Gasteiger partial charge is 0.407 e. The lowest BCUT2D eigenvalue weighted by atomic mass is 9.89. The van der Waals surface area contributed by atoms with Gasteiger partial charge in [0.25, 0.3) is 10.0 Å². The Morgan fingerprint density at radius 3 is 2.33 bits per heavy atom. The number of morpholine rings is 1. The monoisotopic (exact) mass is 560 g/mol. The molecule has 4 aromatic rings. The first kappa shape index (κ1) is 26.5. The quantitative estimate of drug-likeness (QED) is 0.367. The van der Waals surface area contributed by atoms with Crippen LogP contribution < -0.4 is 0 Å². The van der Waals surface area contributed by atoms with Gasteiger partial charge in [-0.15, -0.1) is 0 Å². The Kier molecular flexibility index (Phi) is 7.31. The molecule has 10 heteroatoms. The molecule has 0 radical (unpaired) electrons. The number of carboxylic acid groups (broad SMARTS) is 1. The molecule has 0 aliphatic carbocycles. The van der Waals surface area contributed by atoms with Gasteiger partial charge in [0.2, 0.25) is 0 Å². The van der Waals surface area contributed by atoms with Crippen LogP contribution in [0, 0.1) is 0 Å². The van der Waals surface area contributed by atoms with Crippen LogP contribution in [0.15, 0.2) is 77.8 Å². The summed E-state index contributed by atoms with van der Waals surface area (Å²) < 4.78 is 34.9. The number of fused-ring (bicyclic) bond motifs is 1. The van der Waals surface area contributed by atoms with Gasteiger partial charge in [-0.1, -0.05) is 42.5 Å². The highest BCUT2D eigenvalue weighted by Crippen LogP contribution is 2.34. The molecule has 0 spiro atoms. The molecule has 0 unspecified atom stereocenters. The molecule has 4 heterocycles. The van der Waals surface area contributed by atoms with Gasteiger partial charge in [0.05, 0.1) is 29.3 Å². The van der Waals surface area contributed by atoms with Crippen LogP contribution in [0.4, 0.5) is 4.79 Å². The normalized spacial score (nSPS) is 17.4. The van der Waals surface area contributed by atoms with E-state index in [1.807, 2.05) is 24.3 Å². The number of aromatic nitrogens is 2. The van der Waals surface area contributed by atoms with E-state index in [4.69, 9.17) is 9.72 Å². The lowest BCUT2D eigenvalue weighted by Gasteiger charge is -2.30. The first-order chi connectivity index (χ1) is 19.4. The average Bonchev–Trinajstić information content (AvgIpc) is 3.37. The van der Waals surface area contributed by atoms with Gasteiger partial charge in [0.15, 0.2) is 0 Å². The van der Waals surface area contributed by atoms with Crippen molar-refractivity contribution in [3.05, 3.63) is 84.2 Å². The molecule has 2 fully saturated rings. The predicted molar refractivity (Wildman–Crippen MR) is 152 cm³/mol. The van der Waals surface area contributed by atoms with Crippen LogP contribution in [-0.2, 0) is 21.3 Å². The van der Waals surface area contributed by atoms with Crippen LogP contribution in [0.5, 0.6) is 0 Å². The molecule has 2 aliphatic rings. The number of hydrogen-bond acceptors (Lipinski definition) is 6. The predicted octanol–water partition coefficient (Wildman–Crippen LogP) is 4.63. The standard InChI is InChI=1S/C30H32N4O5S/c35-30(36)33-14-11-23(12-15-33)22-6-8-24(9-7-22)29-27-20-25(21-32-16-18-39-19-17-32)34(28(27)10-13-31-29)40(37,38)26-4-2-1-3-5-26/h1-10,13,20,23H,11-12,14-19,21H2,(H,35,36). The Bertz CT molecular complexity index is 1610. The summed E-state index contributed by atoms with van der Waals surface area (Å²) in [7, 11) is -3.85. The van der Waals surface area contributed by atoms with E-state index in [2.05, 4.69) is 17.0 Å². The maximum absolute atomic E-state index is 14.0. The first-order valence-corrected chi connectivity index (χ1v) is 15.0. The summed E-state index contributed by atoms with van der Waals surface area (Å²) in [6.45, 7) is 4.30. The molecule has 1 N–H and O–H groups in total. The zero-order chi connectivity index (χ0) is 27.7. The largest absolute Gasteiger partial charge is 0.465 e. The highest BCUT2D eigenvalue weighted by molar-refractivity contribution is 7.90. The second-order valence-electron chi connectivity index (χ2n) is 10.4. The number of likely N-dealkylation sites (tertiary alicyclic amines) is 1. The van der Waals surface area contributed by atoms with Gasteiger partial charge in [0, 0.05) is 55.6 Å². The molecule has 0 bridgehead atoms. The summed E-state index contributed by atoms with van der Waals surface area (Å²) in [4.78, 5) is 19.9. The molecular formula is C30H32N4O5S. The highest BCUT2D eigenvalue weighted by Gasteiger charge is 2.27. The van der Waals surface area contributed by atoms with Gasteiger partial charge in [-0.2, -0.15) is 0 Å². The van der Waals surface area contributed by atoms with Crippen LogP contribution in [0.25, 0.3) is 22.2 Å². The van der Waals surface area contributed by atoms with Crippen molar-refractivity contribution in [1.29, 1.82) is 0 Å². The number of ether oxygens (including phenoxy) is 1. The number of carbonyl (C=O) groups is 1. The Morgan fingerprint density at radius 2 is 1.65 bits per heavy atom. The average molecular weight is 561 g/mol. The van der Waals surface area contributed by atoms with Crippen molar-refractivity contribution in [1.82, 2.24) is 18.8 Å². The summed E-state index contributed by atoms with van der Waals surface area (Å²) in [5.74, 6) is 0.311. The van der Waals surface area contributed by atoms with Crippen LogP contribution in [0.3, 0.4) is 0 Å². The Balaban J connectivity index is 1.38. The van der Waals surface area contributed by atoms with Gasteiger partial charge in [-0.25, -0.2) is 17.2 Å². The highest BCUT2D eigenvalue weighted by atomic mass is 32.2. The Hall–Kier alpha value is -3.73. The van der Waals surface area contributed by atoms with Crippen LogP contribution in [0.1, 0.15) is 30.0 Å². The van der Waals surface area contributed by atoms with Crippen molar-refractivity contribution in [2.75, 3.05) is 39.4 Å². The minimum absolute atomic E-state index is 0.243. The molecule has 0 atom stereocenters. The van der Waals surface area contributed by atoms with Crippen LogP contribution in [-0.4, -0.2) is 77.8 Å². The molecule has 1 amide bonds. The SMILES string of the molecule is O=C(O)N1CCC(c2ccc(-c3nccc4c3cc(CN3CCOCC3)n4S(=O)(=O)c3ccccc3)cc2)CC1. The van der Waals surface area contributed by atoms with E-state index in [0.717, 1.165) is 42.6 Å². The fraction of sp³-hybridized carbons (Fsp3) is 0.333. The van der Waals surface area contributed by atoms with E-state index in [9.17, 15) is 18.3 Å². The van der Waals surface area contributed by atoms with Crippen LogP contribution >= 0.6 is 0 Å². The number of amides is 1. The second kappa shape index (κ2) is 11.0. The summed E-state index contributed by atoms with van der Waals surface area (Å²) in [5.41, 5.74) is 4.11. The molecule has 208 valence electrons. The third-order valence-electron chi connectivity index (χ3n) is 7.95. The van der Waals surface area contributed by atoms with E-state index in [1.54, 1.807) is 36.5 Å². The number of benzene rings is 2. The molecule has 9 nitrogen and oxygen atoms in total. The fourth-order valence-electron chi connectivity index (χ4n) is 5.79. The van der Waals surface area contributed by atoms with Crippen LogP contribution in [0.2, 0.25) is 0 Å². The second-order valence-corrected chi connectivity index (χ2v) is 12.2. The van der Waals surface area contributed by atoms with Gasteiger partial charge >= 0.3 is 6.09 Å².